The van der Waals surface area contributed by atoms with E-state index < -0.39 is 0 Å². The van der Waals surface area contributed by atoms with Gasteiger partial charge in [0.1, 0.15) is 0 Å². The standard InChI is InChI=1S/C12H18BrN3/c1-2-15-4-3-5-16(7-6-15)12-8-11(13)9-14-10-12/h8-10H,2-7H2,1H3. The summed E-state index contributed by atoms with van der Waals surface area (Å²) in [5.41, 5.74) is 1.23. The summed E-state index contributed by atoms with van der Waals surface area (Å²) in [4.78, 5) is 9.16. The molecule has 3 nitrogen and oxygen atoms in total. The zero-order chi connectivity index (χ0) is 11.4. The molecule has 0 saturated carbocycles. The highest BCUT2D eigenvalue weighted by Crippen LogP contribution is 2.19. The van der Waals surface area contributed by atoms with Crippen LogP contribution in [0.3, 0.4) is 0 Å². The van der Waals surface area contributed by atoms with Gasteiger partial charge in [-0.1, -0.05) is 6.92 Å². The van der Waals surface area contributed by atoms with Gasteiger partial charge in [-0.15, -0.1) is 0 Å². The maximum atomic E-state index is 4.23. The van der Waals surface area contributed by atoms with Gasteiger partial charge in [-0.2, -0.15) is 0 Å². The fraction of sp³-hybridized carbons (Fsp3) is 0.583. The minimum Gasteiger partial charge on any atom is -0.369 e. The molecule has 16 heavy (non-hydrogen) atoms. The van der Waals surface area contributed by atoms with Crippen molar-refractivity contribution < 1.29 is 0 Å². The van der Waals surface area contributed by atoms with Gasteiger partial charge in [0.2, 0.25) is 0 Å². The third-order valence-electron chi connectivity index (χ3n) is 3.09. The first kappa shape index (κ1) is 11.9. The molecule has 0 N–H and O–H groups in total. The van der Waals surface area contributed by atoms with Crippen molar-refractivity contribution in [2.75, 3.05) is 37.6 Å². The second kappa shape index (κ2) is 5.64. The largest absolute Gasteiger partial charge is 0.369 e. The molecule has 2 rings (SSSR count). The Bertz CT molecular complexity index is 343. The van der Waals surface area contributed by atoms with Gasteiger partial charge < -0.3 is 9.80 Å². The summed E-state index contributed by atoms with van der Waals surface area (Å²) >= 11 is 3.47. The predicted octanol–water partition coefficient (Wildman–Crippen LogP) is 2.38. The van der Waals surface area contributed by atoms with Gasteiger partial charge in [0.15, 0.2) is 0 Å². The van der Waals surface area contributed by atoms with Crippen LogP contribution in [0.15, 0.2) is 22.9 Å². The van der Waals surface area contributed by atoms with Crippen LogP contribution in [-0.2, 0) is 0 Å². The number of nitrogens with zero attached hydrogens (tertiary/aromatic N) is 3. The van der Waals surface area contributed by atoms with Crippen LogP contribution in [0.4, 0.5) is 5.69 Å². The zero-order valence-electron chi connectivity index (χ0n) is 9.69. The van der Waals surface area contributed by atoms with Crippen LogP contribution in [0, 0.1) is 0 Å². The molecule has 2 heterocycles. The minimum absolute atomic E-state index is 1.06. The van der Waals surface area contributed by atoms with E-state index in [2.05, 4.69) is 43.7 Å². The van der Waals surface area contributed by atoms with E-state index in [1.165, 1.54) is 18.7 Å². The highest BCUT2D eigenvalue weighted by molar-refractivity contribution is 9.10. The summed E-state index contributed by atoms with van der Waals surface area (Å²) in [5.74, 6) is 0. The molecule has 1 aliphatic rings. The Kier molecular flexibility index (Phi) is 4.18. The Morgan fingerprint density at radius 1 is 1.25 bits per heavy atom. The topological polar surface area (TPSA) is 19.4 Å². The zero-order valence-corrected chi connectivity index (χ0v) is 11.3. The smallest absolute Gasteiger partial charge is 0.0564 e. The van der Waals surface area contributed by atoms with Gasteiger partial charge in [0, 0.05) is 30.3 Å². The molecule has 0 aliphatic carbocycles. The molecule has 0 bridgehead atoms. The number of anilines is 1. The highest BCUT2D eigenvalue weighted by Gasteiger charge is 2.14. The van der Waals surface area contributed by atoms with Crippen molar-refractivity contribution in [2.45, 2.75) is 13.3 Å². The lowest BCUT2D eigenvalue weighted by atomic mass is 10.3. The van der Waals surface area contributed by atoms with E-state index in [1.807, 2.05) is 12.4 Å². The van der Waals surface area contributed by atoms with E-state index in [0.29, 0.717) is 0 Å². The molecule has 0 aromatic carbocycles. The fourth-order valence-electron chi connectivity index (χ4n) is 2.12. The molecule has 0 unspecified atom stereocenters. The summed E-state index contributed by atoms with van der Waals surface area (Å²) in [7, 11) is 0. The summed E-state index contributed by atoms with van der Waals surface area (Å²) in [6, 6.07) is 2.15. The van der Waals surface area contributed by atoms with Gasteiger partial charge in [-0.3, -0.25) is 4.98 Å². The van der Waals surface area contributed by atoms with E-state index in [1.54, 1.807) is 0 Å². The Morgan fingerprint density at radius 3 is 2.88 bits per heavy atom. The van der Waals surface area contributed by atoms with Crippen molar-refractivity contribution in [2.24, 2.45) is 0 Å². The van der Waals surface area contributed by atoms with Gasteiger partial charge in [0.05, 0.1) is 11.9 Å². The maximum absolute atomic E-state index is 4.23. The van der Waals surface area contributed by atoms with E-state index in [0.717, 1.165) is 30.7 Å². The average molecular weight is 284 g/mol. The first-order valence-corrected chi connectivity index (χ1v) is 6.66. The predicted molar refractivity (Wildman–Crippen MR) is 70.9 cm³/mol. The van der Waals surface area contributed by atoms with Crippen LogP contribution in [0.5, 0.6) is 0 Å². The number of hydrogen-bond donors (Lipinski definition) is 0. The Balaban J connectivity index is 2.04. The Hall–Kier alpha value is -0.610. The molecule has 0 atom stereocenters. The third kappa shape index (κ3) is 2.95. The van der Waals surface area contributed by atoms with E-state index in [4.69, 9.17) is 0 Å². The van der Waals surface area contributed by atoms with Crippen LogP contribution in [0.1, 0.15) is 13.3 Å². The molecule has 1 saturated heterocycles. The number of halogens is 1. The first-order chi connectivity index (χ1) is 7.79. The monoisotopic (exact) mass is 283 g/mol. The number of likely N-dealkylation sites (N-methyl/N-ethyl adjacent to an activating group) is 1. The number of hydrogen-bond acceptors (Lipinski definition) is 3. The van der Waals surface area contributed by atoms with E-state index >= 15 is 0 Å². The highest BCUT2D eigenvalue weighted by atomic mass is 79.9. The average Bonchev–Trinajstić information content (AvgIpc) is 2.54. The lowest BCUT2D eigenvalue weighted by molar-refractivity contribution is 0.310. The van der Waals surface area contributed by atoms with Crippen LogP contribution in [0.2, 0.25) is 0 Å². The summed E-state index contributed by atoms with van der Waals surface area (Å²) < 4.78 is 1.06. The van der Waals surface area contributed by atoms with Crippen LogP contribution >= 0.6 is 15.9 Å². The van der Waals surface area contributed by atoms with Gasteiger partial charge in [-0.25, -0.2) is 0 Å². The summed E-state index contributed by atoms with van der Waals surface area (Å²) in [5, 5.41) is 0. The normalized spacial score (nSPS) is 18.5. The SMILES string of the molecule is CCN1CCCN(c2cncc(Br)c2)CC1. The van der Waals surface area contributed by atoms with Crippen molar-refractivity contribution in [1.82, 2.24) is 9.88 Å². The first-order valence-electron chi connectivity index (χ1n) is 5.87. The second-order valence-corrected chi connectivity index (χ2v) is 5.05. The second-order valence-electron chi connectivity index (χ2n) is 4.14. The van der Waals surface area contributed by atoms with Gasteiger partial charge in [-0.05, 0) is 41.5 Å². The number of rotatable bonds is 2. The minimum atomic E-state index is 1.06. The number of aromatic nitrogens is 1. The summed E-state index contributed by atoms with van der Waals surface area (Å²) in [6.45, 7) is 8.00. The molecule has 88 valence electrons. The van der Waals surface area contributed by atoms with Crippen LogP contribution in [0.25, 0.3) is 0 Å². The molecule has 1 fully saturated rings. The molecular weight excluding hydrogens is 266 g/mol. The van der Waals surface area contributed by atoms with Crippen molar-refractivity contribution in [3.05, 3.63) is 22.9 Å². The van der Waals surface area contributed by atoms with Crippen LogP contribution < -0.4 is 4.90 Å². The van der Waals surface area contributed by atoms with Crippen molar-refractivity contribution in [3.8, 4) is 0 Å². The molecule has 1 aromatic heterocycles. The molecular formula is C12H18BrN3. The molecule has 0 spiro atoms. The maximum Gasteiger partial charge on any atom is 0.0564 e. The quantitative estimate of drug-likeness (QED) is 0.831. The van der Waals surface area contributed by atoms with Gasteiger partial charge in [0.25, 0.3) is 0 Å². The molecule has 4 heteroatoms. The van der Waals surface area contributed by atoms with E-state index in [9.17, 15) is 0 Å². The lowest BCUT2D eigenvalue weighted by Crippen LogP contribution is -2.30. The molecule has 1 aliphatic heterocycles. The fourth-order valence-corrected chi connectivity index (χ4v) is 2.47. The lowest BCUT2D eigenvalue weighted by Gasteiger charge is -2.22. The van der Waals surface area contributed by atoms with Crippen molar-refractivity contribution in [1.29, 1.82) is 0 Å². The van der Waals surface area contributed by atoms with Crippen LogP contribution in [-0.4, -0.2) is 42.6 Å². The molecule has 0 amide bonds. The molecule has 1 aromatic rings. The summed E-state index contributed by atoms with van der Waals surface area (Å²) in [6.07, 6.45) is 5.02. The number of pyridine rings is 1. The van der Waals surface area contributed by atoms with Gasteiger partial charge >= 0.3 is 0 Å². The Labute approximate surface area is 106 Å². The van der Waals surface area contributed by atoms with E-state index in [-0.39, 0.29) is 0 Å². The molecule has 0 radical (unpaired) electrons. The Morgan fingerprint density at radius 2 is 2.12 bits per heavy atom. The van der Waals surface area contributed by atoms with Crippen molar-refractivity contribution >= 4 is 21.6 Å². The van der Waals surface area contributed by atoms with Crippen molar-refractivity contribution in [3.63, 3.8) is 0 Å². The third-order valence-corrected chi connectivity index (χ3v) is 3.52.